The number of rotatable bonds is 5. The molecule has 5 nitrogen and oxygen atoms in total. The highest BCUT2D eigenvalue weighted by molar-refractivity contribution is 9.10. The molecule has 0 atom stereocenters. The fourth-order valence-corrected chi connectivity index (χ4v) is 3.14. The molecule has 0 aliphatic heterocycles. The quantitative estimate of drug-likeness (QED) is 0.400. The summed E-state index contributed by atoms with van der Waals surface area (Å²) in [6.07, 6.45) is 1.92. The molecule has 0 bridgehead atoms. The van der Waals surface area contributed by atoms with Crippen LogP contribution < -0.4 is 0 Å². The molecule has 8 heteroatoms. The zero-order valence-electron chi connectivity index (χ0n) is 13.0. The van der Waals surface area contributed by atoms with Crippen molar-refractivity contribution in [3.05, 3.63) is 63.4 Å². The maximum absolute atomic E-state index is 12.2. The van der Waals surface area contributed by atoms with Crippen LogP contribution >= 0.6 is 39.3 Å². The van der Waals surface area contributed by atoms with Gasteiger partial charge in [0.05, 0.1) is 16.1 Å². The first-order valence-corrected chi connectivity index (χ1v) is 9.56. The monoisotopic (exact) mass is 438 g/mol. The SMILES string of the molecule is CSc1ccc(Cl)c(C(=O)OCc2nnc(-c3ccccc3Br)o2)c1. The zero-order chi connectivity index (χ0) is 17.8. The molecular weight excluding hydrogens is 428 g/mol. The van der Waals surface area contributed by atoms with E-state index < -0.39 is 5.97 Å². The topological polar surface area (TPSA) is 65.2 Å². The molecule has 0 aliphatic carbocycles. The van der Waals surface area contributed by atoms with Crippen LogP contribution in [0.4, 0.5) is 0 Å². The maximum atomic E-state index is 12.2. The van der Waals surface area contributed by atoms with Gasteiger partial charge < -0.3 is 9.15 Å². The van der Waals surface area contributed by atoms with Gasteiger partial charge in [-0.05, 0) is 52.5 Å². The van der Waals surface area contributed by atoms with Gasteiger partial charge in [-0.2, -0.15) is 0 Å². The summed E-state index contributed by atoms with van der Waals surface area (Å²) < 4.78 is 11.6. The van der Waals surface area contributed by atoms with Crippen molar-refractivity contribution in [3.8, 4) is 11.5 Å². The molecule has 0 radical (unpaired) electrons. The summed E-state index contributed by atoms with van der Waals surface area (Å²) in [6, 6.07) is 12.7. The molecule has 0 amide bonds. The largest absolute Gasteiger partial charge is 0.452 e. The van der Waals surface area contributed by atoms with Crippen molar-refractivity contribution in [2.75, 3.05) is 6.26 Å². The number of carbonyl (C=O) groups excluding carboxylic acids is 1. The first-order valence-electron chi connectivity index (χ1n) is 7.16. The molecule has 1 aromatic heterocycles. The van der Waals surface area contributed by atoms with Crippen LogP contribution in [0.15, 0.2) is 56.2 Å². The third kappa shape index (κ3) is 4.23. The summed E-state index contributed by atoms with van der Waals surface area (Å²) in [7, 11) is 0. The Hall–Kier alpha value is -1.83. The van der Waals surface area contributed by atoms with E-state index in [1.807, 2.05) is 36.6 Å². The number of carbonyl (C=O) groups is 1. The minimum Gasteiger partial charge on any atom is -0.452 e. The number of ether oxygens (including phenoxy) is 1. The third-order valence-electron chi connectivity index (χ3n) is 3.29. The highest BCUT2D eigenvalue weighted by Gasteiger charge is 2.16. The van der Waals surface area contributed by atoms with Gasteiger partial charge in [0, 0.05) is 9.37 Å². The van der Waals surface area contributed by atoms with Gasteiger partial charge in [-0.3, -0.25) is 0 Å². The molecule has 0 fully saturated rings. The molecular formula is C17H12BrClN2O3S. The van der Waals surface area contributed by atoms with Gasteiger partial charge in [0.2, 0.25) is 5.89 Å². The van der Waals surface area contributed by atoms with E-state index in [0.717, 1.165) is 14.9 Å². The van der Waals surface area contributed by atoms with Crippen LogP contribution in [-0.2, 0) is 11.3 Å². The minimum absolute atomic E-state index is 0.129. The first kappa shape index (κ1) is 18.0. The molecule has 0 saturated heterocycles. The molecule has 3 rings (SSSR count). The summed E-state index contributed by atoms with van der Waals surface area (Å²) in [6.45, 7) is -0.129. The number of nitrogens with zero attached hydrogens (tertiary/aromatic N) is 2. The lowest BCUT2D eigenvalue weighted by Gasteiger charge is -2.06. The second-order valence-electron chi connectivity index (χ2n) is 4.90. The molecule has 0 unspecified atom stereocenters. The molecule has 0 spiro atoms. The Morgan fingerprint density at radius 2 is 2.08 bits per heavy atom. The molecule has 0 N–H and O–H groups in total. The lowest BCUT2D eigenvalue weighted by Crippen LogP contribution is -2.06. The summed E-state index contributed by atoms with van der Waals surface area (Å²) in [5.74, 6) is 0.0127. The Morgan fingerprint density at radius 3 is 2.84 bits per heavy atom. The van der Waals surface area contributed by atoms with Gasteiger partial charge in [0.1, 0.15) is 0 Å². The van der Waals surface area contributed by atoms with E-state index in [2.05, 4.69) is 26.1 Å². The van der Waals surface area contributed by atoms with Gasteiger partial charge >= 0.3 is 5.97 Å². The minimum atomic E-state index is -0.540. The highest BCUT2D eigenvalue weighted by atomic mass is 79.9. The number of benzene rings is 2. The fraction of sp³-hybridized carbons (Fsp3) is 0.118. The van der Waals surface area contributed by atoms with Crippen LogP contribution in [-0.4, -0.2) is 22.4 Å². The number of halogens is 2. The third-order valence-corrected chi connectivity index (χ3v) is 5.04. The van der Waals surface area contributed by atoms with Gasteiger partial charge in [0.25, 0.3) is 5.89 Å². The normalized spacial score (nSPS) is 10.7. The van der Waals surface area contributed by atoms with E-state index in [1.165, 1.54) is 11.8 Å². The van der Waals surface area contributed by atoms with E-state index >= 15 is 0 Å². The zero-order valence-corrected chi connectivity index (χ0v) is 16.2. The van der Waals surface area contributed by atoms with Crippen LogP contribution in [0.2, 0.25) is 5.02 Å². The van der Waals surface area contributed by atoms with Crippen molar-refractivity contribution in [3.63, 3.8) is 0 Å². The molecule has 2 aromatic carbocycles. The van der Waals surface area contributed by atoms with E-state index in [0.29, 0.717) is 16.5 Å². The van der Waals surface area contributed by atoms with Crippen molar-refractivity contribution >= 4 is 45.3 Å². The molecule has 3 aromatic rings. The molecule has 0 saturated carbocycles. The average molecular weight is 440 g/mol. The Morgan fingerprint density at radius 1 is 1.28 bits per heavy atom. The van der Waals surface area contributed by atoms with Crippen LogP contribution in [0, 0.1) is 0 Å². The van der Waals surface area contributed by atoms with Crippen molar-refractivity contribution in [2.24, 2.45) is 0 Å². The lowest BCUT2D eigenvalue weighted by atomic mass is 10.2. The van der Waals surface area contributed by atoms with Gasteiger partial charge in [-0.25, -0.2) is 4.79 Å². The standard InChI is InChI=1S/C17H12BrClN2O3S/c1-25-10-6-7-14(19)12(8-10)17(22)23-9-15-20-21-16(24-15)11-4-2-3-5-13(11)18/h2-8H,9H2,1H3. The van der Waals surface area contributed by atoms with E-state index in [9.17, 15) is 4.79 Å². The van der Waals surface area contributed by atoms with Crippen LogP contribution in [0.25, 0.3) is 11.5 Å². The van der Waals surface area contributed by atoms with Crippen molar-refractivity contribution in [1.82, 2.24) is 10.2 Å². The number of thioether (sulfide) groups is 1. The Kier molecular flexibility index (Phi) is 5.78. The second kappa shape index (κ2) is 8.03. The number of hydrogen-bond acceptors (Lipinski definition) is 6. The number of esters is 1. The summed E-state index contributed by atoms with van der Waals surface area (Å²) >= 11 is 11.0. The van der Waals surface area contributed by atoms with Crippen LogP contribution in [0.3, 0.4) is 0 Å². The fourth-order valence-electron chi connectivity index (χ4n) is 2.05. The molecule has 128 valence electrons. The first-order chi connectivity index (χ1) is 12.1. The predicted octanol–water partition coefficient (Wildman–Crippen LogP) is 5.23. The van der Waals surface area contributed by atoms with Crippen LogP contribution in [0.1, 0.15) is 16.2 Å². The Bertz CT molecular complexity index is 916. The average Bonchev–Trinajstić information content (AvgIpc) is 3.09. The summed E-state index contributed by atoms with van der Waals surface area (Å²) in [4.78, 5) is 13.1. The van der Waals surface area contributed by atoms with Crippen LogP contribution in [0.5, 0.6) is 0 Å². The van der Waals surface area contributed by atoms with Gasteiger partial charge in [0.15, 0.2) is 6.61 Å². The van der Waals surface area contributed by atoms with Crippen molar-refractivity contribution in [2.45, 2.75) is 11.5 Å². The summed E-state index contributed by atoms with van der Waals surface area (Å²) in [5, 5.41) is 8.21. The van der Waals surface area contributed by atoms with Gasteiger partial charge in [-0.15, -0.1) is 22.0 Å². The smallest absolute Gasteiger partial charge is 0.340 e. The van der Waals surface area contributed by atoms with Gasteiger partial charge in [-0.1, -0.05) is 23.7 Å². The molecule has 0 aliphatic rings. The second-order valence-corrected chi connectivity index (χ2v) is 7.04. The number of hydrogen-bond donors (Lipinski definition) is 0. The Labute approximate surface area is 161 Å². The van der Waals surface area contributed by atoms with Crippen molar-refractivity contribution in [1.29, 1.82) is 0 Å². The van der Waals surface area contributed by atoms with E-state index in [1.54, 1.807) is 12.1 Å². The molecule has 25 heavy (non-hydrogen) atoms. The summed E-state index contributed by atoms with van der Waals surface area (Å²) in [5.41, 5.74) is 1.07. The molecule has 1 heterocycles. The van der Waals surface area contributed by atoms with Crippen molar-refractivity contribution < 1.29 is 13.9 Å². The highest BCUT2D eigenvalue weighted by Crippen LogP contribution is 2.27. The lowest BCUT2D eigenvalue weighted by molar-refractivity contribution is 0.0438. The van der Waals surface area contributed by atoms with E-state index in [-0.39, 0.29) is 12.5 Å². The Balaban J connectivity index is 1.70. The number of aromatic nitrogens is 2. The maximum Gasteiger partial charge on any atom is 0.340 e. The predicted molar refractivity (Wildman–Crippen MR) is 99.8 cm³/mol. The van der Waals surface area contributed by atoms with E-state index in [4.69, 9.17) is 20.8 Å².